The highest BCUT2D eigenvalue weighted by Crippen LogP contribution is 2.25. The Labute approximate surface area is 161 Å². The summed E-state index contributed by atoms with van der Waals surface area (Å²) in [6.07, 6.45) is 0. The molecule has 2 aromatic carbocycles. The van der Waals surface area contributed by atoms with Crippen molar-refractivity contribution in [3.05, 3.63) is 66.1 Å². The summed E-state index contributed by atoms with van der Waals surface area (Å²) < 4.78 is 23.7. The zero-order valence-electron chi connectivity index (χ0n) is 15.2. The third-order valence-electron chi connectivity index (χ3n) is 3.79. The van der Waals surface area contributed by atoms with Crippen molar-refractivity contribution in [1.29, 1.82) is 0 Å². The van der Waals surface area contributed by atoms with Crippen LogP contribution in [0.2, 0.25) is 0 Å². The summed E-state index contributed by atoms with van der Waals surface area (Å²) in [5, 5.41) is 9.40. The molecule has 1 aromatic heterocycles. The SMILES string of the molecule is COc1ccccc1OCC#CCNC(=O)c1cc(-c2ccc(F)cc2)n[nH]1. The largest absolute Gasteiger partial charge is 0.493 e. The lowest BCUT2D eigenvalue weighted by Gasteiger charge is -2.07. The molecular weight excluding hydrogens is 361 g/mol. The number of methoxy groups -OCH3 is 1. The molecule has 142 valence electrons. The number of carbonyl (C=O) groups excluding carboxylic acids is 1. The summed E-state index contributed by atoms with van der Waals surface area (Å²) in [6, 6.07) is 14.8. The molecule has 0 saturated carbocycles. The molecule has 6 nitrogen and oxygen atoms in total. The van der Waals surface area contributed by atoms with Gasteiger partial charge in [-0.1, -0.05) is 24.0 Å². The Bertz CT molecular complexity index is 1000. The van der Waals surface area contributed by atoms with Crippen LogP contribution in [0.5, 0.6) is 11.5 Å². The van der Waals surface area contributed by atoms with Crippen LogP contribution in [0.15, 0.2) is 54.6 Å². The van der Waals surface area contributed by atoms with Crippen LogP contribution in [-0.2, 0) is 0 Å². The van der Waals surface area contributed by atoms with Gasteiger partial charge in [-0.2, -0.15) is 5.10 Å². The number of hydrogen-bond acceptors (Lipinski definition) is 4. The minimum Gasteiger partial charge on any atom is -0.493 e. The minimum atomic E-state index is -0.333. The lowest BCUT2D eigenvalue weighted by Crippen LogP contribution is -2.24. The Hall–Kier alpha value is -3.79. The molecule has 0 atom stereocenters. The van der Waals surface area contributed by atoms with Crippen molar-refractivity contribution in [3.63, 3.8) is 0 Å². The second kappa shape index (κ2) is 9.24. The number of benzene rings is 2. The normalized spacial score (nSPS) is 9.93. The van der Waals surface area contributed by atoms with Crippen LogP contribution in [-0.4, -0.2) is 36.4 Å². The van der Waals surface area contributed by atoms with Crippen LogP contribution in [0.3, 0.4) is 0 Å². The number of hydrogen-bond donors (Lipinski definition) is 2. The molecule has 1 amide bonds. The predicted molar refractivity (Wildman–Crippen MR) is 103 cm³/mol. The third kappa shape index (κ3) is 4.89. The van der Waals surface area contributed by atoms with Crippen molar-refractivity contribution >= 4 is 5.91 Å². The maximum atomic E-state index is 13.0. The highest BCUT2D eigenvalue weighted by atomic mass is 19.1. The van der Waals surface area contributed by atoms with E-state index in [1.807, 2.05) is 12.1 Å². The van der Waals surface area contributed by atoms with Crippen molar-refractivity contribution in [1.82, 2.24) is 15.5 Å². The van der Waals surface area contributed by atoms with Crippen molar-refractivity contribution in [3.8, 4) is 34.6 Å². The molecule has 0 fully saturated rings. The topological polar surface area (TPSA) is 76.2 Å². The number of amides is 1. The summed E-state index contributed by atoms with van der Waals surface area (Å²) in [4.78, 5) is 12.1. The quantitative estimate of drug-likeness (QED) is 0.646. The van der Waals surface area contributed by atoms with Crippen molar-refractivity contribution < 1.29 is 18.7 Å². The Morgan fingerprint density at radius 3 is 2.64 bits per heavy atom. The first-order chi connectivity index (χ1) is 13.7. The zero-order chi connectivity index (χ0) is 19.8. The first-order valence-corrected chi connectivity index (χ1v) is 8.48. The van der Waals surface area contributed by atoms with Crippen LogP contribution in [0.4, 0.5) is 4.39 Å². The van der Waals surface area contributed by atoms with E-state index >= 15 is 0 Å². The molecule has 1 heterocycles. The second-order valence-corrected chi connectivity index (χ2v) is 5.65. The van der Waals surface area contributed by atoms with Gasteiger partial charge in [0.2, 0.25) is 0 Å². The fourth-order valence-electron chi connectivity index (χ4n) is 2.39. The molecule has 0 aliphatic rings. The molecule has 2 N–H and O–H groups in total. The number of H-pyrrole nitrogens is 1. The van der Waals surface area contributed by atoms with Crippen LogP contribution in [0, 0.1) is 17.7 Å². The number of ether oxygens (including phenoxy) is 2. The van der Waals surface area contributed by atoms with E-state index in [2.05, 4.69) is 27.4 Å². The molecule has 3 aromatic rings. The first-order valence-electron chi connectivity index (χ1n) is 8.48. The minimum absolute atomic E-state index is 0.166. The summed E-state index contributed by atoms with van der Waals surface area (Å²) >= 11 is 0. The van der Waals surface area contributed by atoms with E-state index in [-0.39, 0.29) is 24.9 Å². The molecule has 3 rings (SSSR count). The Kier molecular flexibility index (Phi) is 6.26. The predicted octanol–water partition coefficient (Wildman–Crippen LogP) is 3.04. The van der Waals surface area contributed by atoms with E-state index in [1.54, 1.807) is 37.4 Å². The number of halogens is 1. The summed E-state index contributed by atoms with van der Waals surface area (Å²) in [5.41, 5.74) is 1.57. The number of carbonyl (C=O) groups is 1. The molecular formula is C21H18FN3O3. The maximum absolute atomic E-state index is 13.0. The van der Waals surface area contributed by atoms with E-state index in [4.69, 9.17) is 9.47 Å². The molecule has 0 radical (unpaired) electrons. The molecule has 0 unspecified atom stereocenters. The Morgan fingerprint density at radius 2 is 1.89 bits per heavy atom. The Morgan fingerprint density at radius 1 is 1.14 bits per heavy atom. The molecule has 0 saturated heterocycles. The summed E-state index contributed by atoms with van der Waals surface area (Å²) in [6.45, 7) is 0.341. The molecule has 0 spiro atoms. The van der Waals surface area contributed by atoms with Crippen LogP contribution < -0.4 is 14.8 Å². The average Bonchev–Trinajstić information content (AvgIpc) is 3.21. The maximum Gasteiger partial charge on any atom is 0.270 e. The van der Waals surface area contributed by atoms with Gasteiger partial charge < -0.3 is 14.8 Å². The molecule has 0 aliphatic carbocycles. The van der Waals surface area contributed by atoms with E-state index in [0.29, 0.717) is 28.5 Å². The van der Waals surface area contributed by atoms with Crippen molar-refractivity contribution in [2.75, 3.05) is 20.3 Å². The first kappa shape index (κ1) is 19.0. The van der Waals surface area contributed by atoms with Gasteiger partial charge in [0.25, 0.3) is 5.91 Å². The van der Waals surface area contributed by atoms with E-state index < -0.39 is 0 Å². The van der Waals surface area contributed by atoms with Gasteiger partial charge in [-0.05, 0) is 42.5 Å². The fraction of sp³-hybridized carbons (Fsp3) is 0.143. The summed E-state index contributed by atoms with van der Waals surface area (Å²) in [5.74, 6) is 6.22. The highest BCUT2D eigenvalue weighted by molar-refractivity contribution is 5.93. The van der Waals surface area contributed by atoms with E-state index in [1.165, 1.54) is 12.1 Å². The van der Waals surface area contributed by atoms with Gasteiger partial charge in [0.05, 0.1) is 19.3 Å². The number of aromatic amines is 1. The third-order valence-corrected chi connectivity index (χ3v) is 3.79. The lowest BCUT2D eigenvalue weighted by molar-refractivity contribution is 0.0953. The van der Waals surface area contributed by atoms with Gasteiger partial charge in [-0.15, -0.1) is 0 Å². The molecule has 0 bridgehead atoms. The number of rotatable bonds is 6. The van der Waals surface area contributed by atoms with Crippen molar-refractivity contribution in [2.45, 2.75) is 0 Å². The zero-order valence-corrected chi connectivity index (χ0v) is 15.2. The van der Waals surface area contributed by atoms with Gasteiger partial charge >= 0.3 is 0 Å². The fourth-order valence-corrected chi connectivity index (χ4v) is 2.39. The standard InChI is InChI=1S/C21H18FN3O3/c1-27-19-6-2-3-7-20(19)28-13-5-4-12-23-21(26)18-14-17(24-25-18)15-8-10-16(22)11-9-15/h2-3,6-11,14H,12-13H2,1H3,(H,23,26)(H,24,25). The van der Waals surface area contributed by atoms with Crippen molar-refractivity contribution in [2.24, 2.45) is 0 Å². The van der Waals surface area contributed by atoms with Gasteiger partial charge in [-0.25, -0.2) is 4.39 Å². The smallest absolute Gasteiger partial charge is 0.270 e. The number of aromatic nitrogens is 2. The van der Waals surface area contributed by atoms with E-state index in [9.17, 15) is 9.18 Å². The second-order valence-electron chi connectivity index (χ2n) is 5.65. The number of nitrogens with zero attached hydrogens (tertiary/aromatic N) is 1. The van der Waals surface area contributed by atoms with Crippen LogP contribution in [0.25, 0.3) is 11.3 Å². The molecule has 7 heteroatoms. The lowest BCUT2D eigenvalue weighted by atomic mass is 10.1. The van der Waals surface area contributed by atoms with Gasteiger partial charge in [0.15, 0.2) is 11.5 Å². The average molecular weight is 379 g/mol. The monoisotopic (exact) mass is 379 g/mol. The number of nitrogens with one attached hydrogen (secondary N) is 2. The van der Waals surface area contributed by atoms with Crippen LogP contribution in [0.1, 0.15) is 10.5 Å². The van der Waals surface area contributed by atoms with Gasteiger partial charge in [-0.3, -0.25) is 9.89 Å². The summed E-state index contributed by atoms with van der Waals surface area (Å²) in [7, 11) is 1.57. The van der Waals surface area contributed by atoms with Crippen LogP contribution >= 0.6 is 0 Å². The van der Waals surface area contributed by atoms with E-state index in [0.717, 1.165) is 0 Å². The number of para-hydroxylation sites is 2. The molecule has 28 heavy (non-hydrogen) atoms. The van der Waals surface area contributed by atoms with Gasteiger partial charge in [0.1, 0.15) is 18.1 Å². The molecule has 0 aliphatic heterocycles. The Balaban J connectivity index is 1.47. The highest BCUT2D eigenvalue weighted by Gasteiger charge is 2.10. The van der Waals surface area contributed by atoms with Gasteiger partial charge in [0, 0.05) is 5.56 Å².